The summed E-state index contributed by atoms with van der Waals surface area (Å²) in [6.45, 7) is 3.05. The number of rotatable bonds is 8. The Balaban J connectivity index is 1.59. The standard InChI is InChI=1S/C30H25F4N5O2/c1-30(2,41)20-15-23(34)37-28-25(21-5-3-4-11-35-21)26(39-27(20)28)17-10-12-36-24(13-17)38-29(40)19(14-22(32)33)16-6-8-18(31)9-7-16/h3-13,15,19,22,39,41H,14H2,1-2H3,(H,36,38,40)/t19-/m0/s1. The summed E-state index contributed by atoms with van der Waals surface area (Å²) in [4.78, 5) is 29.1. The maximum Gasteiger partial charge on any atom is 0.239 e. The fourth-order valence-corrected chi connectivity index (χ4v) is 4.72. The summed E-state index contributed by atoms with van der Waals surface area (Å²) in [5.74, 6) is -3.26. The van der Waals surface area contributed by atoms with Crippen LogP contribution < -0.4 is 5.32 Å². The molecule has 7 nitrogen and oxygen atoms in total. The number of H-pyrrole nitrogens is 1. The first-order valence-electron chi connectivity index (χ1n) is 12.7. The minimum atomic E-state index is -2.78. The molecular formula is C30H25F4N5O2. The Morgan fingerprint density at radius 1 is 1.02 bits per heavy atom. The third kappa shape index (κ3) is 5.94. The van der Waals surface area contributed by atoms with Crippen LogP contribution in [-0.4, -0.2) is 37.4 Å². The number of aromatic amines is 1. The number of halogens is 4. The molecule has 11 heteroatoms. The van der Waals surface area contributed by atoms with E-state index in [9.17, 15) is 27.5 Å². The number of carbonyl (C=O) groups excluding carboxylic acids is 1. The fraction of sp³-hybridized carbons (Fsp3) is 0.200. The van der Waals surface area contributed by atoms with Gasteiger partial charge >= 0.3 is 0 Å². The zero-order chi connectivity index (χ0) is 29.3. The van der Waals surface area contributed by atoms with E-state index in [4.69, 9.17) is 0 Å². The van der Waals surface area contributed by atoms with Crippen molar-refractivity contribution in [2.24, 2.45) is 0 Å². The maximum absolute atomic E-state index is 14.7. The highest BCUT2D eigenvalue weighted by Crippen LogP contribution is 2.40. The van der Waals surface area contributed by atoms with Gasteiger partial charge in [-0.2, -0.15) is 4.39 Å². The molecule has 0 bridgehead atoms. The predicted molar refractivity (Wildman–Crippen MR) is 146 cm³/mol. The predicted octanol–water partition coefficient (Wildman–Crippen LogP) is 6.57. The van der Waals surface area contributed by atoms with E-state index >= 15 is 0 Å². The number of nitrogens with zero attached hydrogens (tertiary/aromatic N) is 3. The van der Waals surface area contributed by atoms with Crippen LogP contribution in [0.4, 0.5) is 23.4 Å². The van der Waals surface area contributed by atoms with E-state index in [0.29, 0.717) is 28.0 Å². The van der Waals surface area contributed by atoms with E-state index in [2.05, 4.69) is 25.3 Å². The van der Waals surface area contributed by atoms with Gasteiger partial charge in [-0.15, -0.1) is 0 Å². The highest BCUT2D eigenvalue weighted by Gasteiger charge is 2.28. The molecular weight excluding hydrogens is 538 g/mol. The second-order valence-corrected chi connectivity index (χ2v) is 10.0. The van der Waals surface area contributed by atoms with Gasteiger partial charge in [0.25, 0.3) is 0 Å². The molecule has 1 amide bonds. The van der Waals surface area contributed by atoms with Gasteiger partial charge < -0.3 is 15.4 Å². The molecule has 0 aliphatic heterocycles. The fourth-order valence-electron chi connectivity index (χ4n) is 4.72. The summed E-state index contributed by atoms with van der Waals surface area (Å²) in [6.07, 6.45) is -0.547. The zero-order valence-corrected chi connectivity index (χ0v) is 22.0. The summed E-state index contributed by atoms with van der Waals surface area (Å²) >= 11 is 0. The Labute approximate surface area is 232 Å². The van der Waals surface area contributed by atoms with Crippen LogP contribution in [0.2, 0.25) is 0 Å². The molecule has 0 aliphatic carbocycles. The monoisotopic (exact) mass is 563 g/mol. The number of benzene rings is 1. The van der Waals surface area contributed by atoms with Crippen molar-refractivity contribution in [2.45, 2.75) is 38.2 Å². The van der Waals surface area contributed by atoms with E-state index in [1.165, 1.54) is 38.2 Å². The van der Waals surface area contributed by atoms with Crippen molar-refractivity contribution in [3.05, 3.63) is 95.9 Å². The lowest BCUT2D eigenvalue weighted by Gasteiger charge is -2.18. The molecule has 41 heavy (non-hydrogen) atoms. The van der Waals surface area contributed by atoms with Gasteiger partial charge in [0.15, 0.2) is 0 Å². The van der Waals surface area contributed by atoms with Crippen molar-refractivity contribution in [3.8, 4) is 22.5 Å². The summed E-state index contributed by atoms with van der Waals surface area (Å²) in [6, 6.07) is 14.3. The molecule has 5 rings (SSSR count). The second-order valence-electron chi connectivity index (χ2n) is 10.0. The van der Waals surface area contributed by atoms with Gasteiger partial charge in [-0.05, 0) is 55.8 Å². The van der Waals surface area contributed by atoms with Gasteiger partial charge in [-0.3, -0.25) is 9.78 Å². The molecule has 5 aromatic rings. The highest BCUT2D eigenvalue weighted by molar-refractivity contribution is 6.02. The number of hydrogen-bond acceptors (Lipinski definition) is 5. The van der Waals surface area contributed by atoms with Crippen LogP contribution in [0.5, 0.6) is 0 Å². The van der Waals surface area contributed by atoms with Gasteiger partial charge in [0.05, 0.1) is 34.0 Å². The van der Waals surface area contributed by atoms with Crippen LogP contribution in [-0.2, 0) is 10.4 Å². The molecule has 0 aliphatic rings. The van der Waals surface area contributed by atoms with Crippen LogP contribution in [0.3, 0.4) is 0 Å². The second kappa shape index (κ2) is 11.1. The summed E-state index contributed by atoms with van der Waals surface area (Å²) in [5.41, 5.74) is 1.63. The molecule has 0 spiro atoms. The first kappa shape index (κ1) is 27.9. The third-order valence-electron chi connectivity index (χ3n) is 6.61. The molecule has 210 valence electrons. The quantitative estimate of drug-likeness (QED) is 0.146. The average molecular weight is 564 g/mol. The molecule has 0 unspecified atom stereocenters. The SMILES string of the molecule is CC(C)(O)c1cc(F)nc2c(-c3ccccn3)c(-c3ccnc(NC(=O)[C@@H](CC(F)F)c4ccc(F)cc4)c3)[nH]c12. The minimum Gasteiger partial charge on any atom is -0.386 e. The number of pyridine rings is 3. The number of aromatic nitrogens is 4. The number of fused-ring (bicyclic) bond motifs is 1. The van der Waals surface area contributed by atoms with Crippen molar-refractivity contribution in [1.82, 2.24) is 19.9 Å². The number of anilines is 1. The van der Waals surface area contributed by atoms with E-state index in [0.717, 1.165) is 18.2 Å². The van der Waals surface area contributed by atoms with Gasteiger partial charge in [0.1, 0.15) is 17.2 Å². The van der Waals surface area contributed by atoms with E-state index in [-0.39, 0.29) is 22.5 Å². The Hall–Kier alpha value is -4.64. The Bertz CT molecular complexity index is 1700. The Kier molecular flexibility index (Phi) is 7.55. The minimum absolute atomic E-state index is 0.0707. The van der Waals surface area contributed by atoms with Crippen LogP contribution in [0, 0.1) is 11.8 Å². The highest BCUT2D eigenvalue weighted by atomic mass is 19.3. The summed E-state index contributed by atoms with van der Waals surface area (Å²) in [5, 5.41) is 13.3. The molecule has 3 N–H and O–H groups in total. The van der Waals surface area contributed by atoms with Crippen LogP contribution in [0.15, 0.2) is 73.1 Å². The van der Waals surface area contributed by atoms with Crippen molar-refractivity contribution in [1.29, 1.82) is 0 Å². The largest absolute Gasteiger partial charge is 0.386 e. The van der Waals surface area contributed by atoms with E-state index < -0.39 is 42.0 Å². The lowest BCUT2D eigenvalue weighted by atomic mass is 9.95. The van der Waals surface area contributed by atoms with Gasteiger partial charge in [-0.25, -0.2) is 23.1 Å². The normalized spacial score (nSPS) is 12.6. The first-order chi connectivity index (χ1) is 19.5. The molecule has 1 atom stereocenters. The summed E-state index contributed by atoms with van der Waals surface area (Å²) in [7, 11) is 0. The molecule has 0 saturated heterocycles. The molecule has 0 radical (unpaired) electrons. The molecule has 0 fully saturated rings. The number of carbonyl (C=O) groups is 1. The molecule has 0 saturated carbocycles. The molecule has 4 heterocycles. The number of nitrogens with one attached hydrogen (secondary N) is 2. The number of alkyl halides is 2. The van der Waals surface area contributed by atoms with Crippen LogP contribution in [0.25, 0.3) is 33.5 Å². The lowest BCUT2D eigenvalue weighted by molar-refractivity contribution is -0.118. The van der Waals surface area contributed by atoms with Gasteiger partial charge in [-0.1, -0.05) is 18.2 Å². The zero-order valence-electron chi connectivity index (χ0n) is 22.0. The third-order valence-corrected chi connectivity index (χ3v) is 6.61. The summed E-state index contributed by atoms with van der Waals surface area (Å²) < 4.78 is 54.8. The van der Waals surface area contributed by atoms with Crippen LogP contribution in [0.1, 0.15) is 37.3 Å². The van der Waals surface area contributed by atoms with Gasteiger partial charge in [0.2, 0.25) is 18.3 Å². The Morgan fingerprint density at radius 2 is 1.78 bits per heavy atom. The number of hydrogen-bond donors (Lipinski definition) is 3. The van der Waals surface area contributed by atoms with Crippen molar-refractivity contribution in [2.75, 3.05) is 5.32 Å². The molecule has 1 aromatic carbocycles. The number of aliphatic hydroxyl groups is 1. The lowest BCUT2D eigenvalue weighted by Crippen LogP contribution is -2.23. The first-order valence-corrected chi connectivity index (χ1v) is 12.7. The smallest absolute Gasteiger partial charge is 0.239 e. The van der Waals surface area contributed by atoms with Crippen molar-refractivity contribution in [3.63, 3.8) is 0 Å². The maximum atomic E-state index is 14.7. The number of amides is 1. The van der Waals surface area contributed by atoms with E-state index in [1.54, 1.807) is 30.5 Å². The van der Waals surface area contributed by atoms with Gasteiger partial charge in [0, 0.05) is 36.0 Å². The topological polar surface area (TPSA) is 104 Å². The van der Waals surface area contributed by atoms with Crippen LogP contribution >= 0.6 is 0 Å². The average Bonchev–Trinajstić information content (AvgIpc) is 3.31. The van der Waals surface area contributed by atoms with Crippen molar-refractivity contribution < 1.29 is 27.5 Å². The van der Waals surface area contributed by atoms with E-state index in [1.807, 2.05) is 0 Å². The van der Waals surface area contributed by atoms with Crippen molar-refractivity contribution >= 4 is 22.8 Å². The Morgan fingerprint density at radius 3 is 2.44 bits per heavy atom. The molecule has 4 aromatic heterocycles.